The highest BCUT2D eigenvalue weighted by Crippen LogP contribution is 2.36. The van der Waals surface area contributed by atoms with Gasteiger partial charge in [-0.05, 0) is 0 Å². The molecule has 13 heavy (non-hydrogen) atoms. The third kappa shape index (κ3) is 0.968. The van der Waals surface area contributed by atoms with Crippen LogP contribution in [0.3, 0.4) is 0 Å². The van der Waals surface area contributed by atoms with Gasteiger partial charge in [0.15, 0.2) is 5.76 Å². The summed E-state index contributed by atoms with van der Waals surface area (Å²) in [5, 5.41) is 19.0. The first-order valence-electron chi connectivity index (χ1n) is 4.08. The summed E-state index contributed by atoms with van der Waals surface area (Å²) in [6, 6.07) is 0. The summed E-state index contributed by atoms with van der Waals surface area (Å²) in [7, 11) is 0. The first kappa shape index (κ1) is 8.25. The van der Waals surface area contributed by atoms with Gasteiger partial charge in [-0.2, -0.15) is 0 Å². The molecule has 0 unspecified atom stereocenters. The van der Waals surface area contributed by atoms with Crippen LogP contribution in [0.1, 0.15) is 0 Å². The average Bonchev–Trinajstić information content (AvgIpc) is 2.59. The Morgan fingerprint density at radius 2 is 1.77 bits per heavy atom. The average molecular weight is 184 g/mol. The molecule has 0 aromatic rings. The Hall–Kier alpha value is -1.36. The second-order valence-electron chi connectivity index (χ2n) is 3.35. The summed E-state index contributed by atoms with van der Waals surface area (Å²) in [4.78, 5) is 0. The molecule has 2 aliphatic rings. The molecule has 5 heteroatoms. The smallest absolute Gasteiger partial charge is 0.161 e. The van der Waals surface area contributed by atoms with Crippen molar-refractivity contribution in [2.45, 2.75) is 0 Å². The normalized spacial score (nSPS) is 33.8. The van der Waals surface area contributed by atoms with E-state index in [0.717, 1.165) is 0 Å². The first-order chi connectivity index (χ1) is 6.13. The largest absolute Gasteiger partial charge is 0.510 e. The Morgan fingerprint density at radius 3 is 2.46 bits per heavy atom. The van der Waals surface area contributed by atoms with Crippen LogP contribution >= 0.6 is 0 Å². The number of nitrogens with two attached hydrogens (primary N) is 2. The summed E-state index contributed by atoms with van der Waals surface area (Å²) in [6.07, 6.45) is 0. The molecule has 0 bridgehead atoms. The topological polar surface area (TPSA) is 102 Å². The molecule has 0 aromatic heterocycles. The third-order valence-electron chi connectivity index (χ3n) is 2.64. The van der Waals surface area contributed by atoms with Crippen molar-refractivity contribution in [2.24, 2.45) is 23.3 Å². The Bertz CT molecular complexity index is 279. The first-order valence-corrected chi connectivity index (χ1v) is 4.08. The highest BCUT2D eigenvalue weighted by Gasteiger charge is 2.40. The number of hydrogen-bond donors (Lipinski definition) is 4. The quantitative estimate of drug-likeness (QED) is 0.414. The molecule has 1 aliphatic heterocycles. The second-order valence-corrected chi connectivity index (χ2v) is 3.35. The minimum Gasteiger partial charge on any atom is -0.510 e. The molecule has 6 N–H and O–H groups in total. The van der Waals surface area contributed by atoms with E-state index in [4.69, 9.17) is 16.2 Å². The van der Waals surface area contributed by atoms with Gasteiger partial charge in [-0.3, -0.25) is 0 Å². The van der Waals surface area contributed by atoms with E-state index in [-0.39, 0.29) is 29.1 Å². The van der Waals surface area contributed by atoms with Crippen LogP contribution < -0.4 is 11.5 Å². The Morgan fingerprint density at radius 1 is 1.15 bits per heavy atom. The van der Waals surface area contributed by atoms with Gasteiger partial charge < -0.3 is 26.4 Å². The molecule has 0 amide bonds. The van der Waals surface area contributed by atoms with E-state index in [1.165, 1.54) is 0 Å². The van der Waals surface area contributed by atoms with E-state index >= 15 is 0 Å². The van der Waals surface area contributed by atoms with Crippen LogP contribution in [0, 0.1) is 11.8 Å². The van der Waals surface area contributed by atoms with Crippen molar-refractivity contribution in [3.05, 3.63) is 22.9 Å². The Balaban J connectivity index is 2.47. The van der Waals surface area contributed by atoms with Crippen molar-refractivity contribution in [3.63, 3.8) is 0 Å². The van der Waals surface area contributed by atoms with Gasteiger partial charge in [0.25, 0.3) is 0 Å². The van der Waals surface area contributed by atoms with Gasteiger partial charge >= 0.3 is 0 Å². The molecule has 1 aliphatic carbocycles. The molecule has 1 heterocycles. The zero-order chi connectivity index (χ0) is 9.59. The summed E-state index contributed by atoms with van der Waals surface area (Å²) < 4.78 is 5.15. The molecule has 0 saturated carbocycles. The lowest BCUT2D eigenvalue weighted by atomic mass is 9.85. The van der Waals surface area contributed by atoms with Crippen LogP contribution in [0.4, 0.5) is 0 Å². The van der Waals surface area contributed by atoms with Gasteiger partial charge in [-0.1, -0.05) is 0 Å². The zero-order valence-corrected chi connectivity index (χ0v) is 7.03. The van der Waals surface area contributed by atoms with Crippen molar-refractivity contribution in [2.75, 3.05) is 13.2 Å². The fourth-order valence-electron chi connectivity index (χ4n) is 1.78. The molecule has 0 spiro atoms. The molecule has 2 atom stereocenters. The second kappa shape index (κ2) is 2.56. The number of hydrogen-bond acceptors (Lipinski definition) is 5. The fraction of sp³-hybridized carbons (Fsp3) is 0.500. The number of rotatable bonds is 0. The molecule has 0 radical (unpaired) electrons. The van der Waals surface area contributed by atoms with Crippen molar-refractivity contribution < 1.29 is 14.9 Å². The third-order valence-corrected chi connectivity index (χ3v) is 2.64. The molecule has 5 nitrogen and oxygen atoms in total. The monoisotopic (exact) mass is 184 g/mol. The van der Waals surface area contributed by atoms with Gasteiger partial charge in [0.2, 0.25) is 0 Å². The molecule has 1 saturated heterocycles. The van der Waals surface area contributed by atoms with Crippen LogP contribution in [-0.2, 0) is 4.74 Å². The lowest BCUT2D eigenvalue weighted by Gasteiger charge is -2.24. The predicted octanol–water partition coefficient (Wildman–Crippen LogP) is -0.281. The van der Waals surface area contributed by atoms with Crippen molar-refractivity contribution in [3.8, 4) is 0 Å². The van der Waals surface area contributed by atoms with E-state index in [1.807, 2.05) is 0 Å². The zero-order valence-electron chi connectivity index (χ0n) is 7.03. The highest BCUT2D eigenvalue weighted by molar-refractivity contribution is 5.36. The van der Waals surface area contributed by atoms with Crippen molar-refractivity contribution in [1.29, 1.82) is 0 Å². The fourth-order valence-corrected chi connectivity index (χ4v) is 1.78. The summed E-state index contributed by atoms with van der Waals surface area (Å²) in [5.41, 5.74) is 11.4. The van der Waals surface area contributed by atoms with Crippen molar-refractivity contribution in [1.82, 2.24) is 0 Å². The van der Waals surface area contributed by atoms with Gasteiger partial charge in [0, 0.05) is 5.92 Å². The van der Waals surface area contributed by atoms with Gasteiger partial charge in [-0.15, -0.1) is 0 Å². The molecule has 72 valence electrons. The lowest BCUT2D eigenvalue weighted by molar-refractivity contribution is 0.179. The highest BCUT2D eigenvalue weighted by atomic mass is 16.5. The molecule has 2 rings (SSSR count). The van der Waals surface area contributed by atoms with Crippen LogP contribution in [0.2, 0.25) is 0 Å². The molecule has 0 aromatic carbocycles. The molecule has 1 fully saturated rings. The minimum atomic E-state index is -0.204. The Labute approximate surface area is 75.3 Å². The minimum absolute atomic E-state index is 0.00537. The van der Waals surface area contributed by atoms with Gasteiger partial charge in [-0.25, -0.2) is 0 Å². The number of ether oxygens (including phenoxy) is 1. The number of aliphatic hydroxyl groups is 2. The van der Waals surface area contributed by atoms with E-state index in [9.17, 15) is 10.2 Å². The van der Waals surface area contributed by atoms with Gasteiger partial charge in [0.1, 0.15) is 11.5 Å². The Kier molecular flexibility index (Phi) is 1.63. The van der Waals surface area contributed by atoms with E-state index in [2.05, 4.69) is 0 Å². The number of fused-ring (bicyclic) bond motifs is 1. The molecular weight excluding hydrogens is 172 g/mol. The molecular formula is C8H12N2O3. The van der Waals surface area contributed by atoms with Crippen LogP contribution in [0.15, 0.2) is 22.9 Å². The van der Waals surface area contributed by atoms with Gasteiger partial charge in [0.05, 0.1) is 24.8 Å². The van der Waals surface area contributed by atoms with Crippen molar-refractivity contribution >= 4 is 0 Å². The SMILES string of the molecule is NC1=C(O)[C@H]2COC[C@H]2C(N)=C1O. The summed E-state index contributed by atoms with van der Waals surface area (Å²) in [6.45, 7) is 0.836. The van der Waals surface area contributed by atoms with E-state index < -0.39 is 0 Å². The lowest BCUT2D eigenvalue weighted by Crippen LogP contribution is -2.30. The van der Waals surface area contributed by atoms with Crippen LogP contribution in [0.25, 0.3) is 0 Å². The maximum Gasteiger partial charge on any atom is 0.161 e. The summed E-state index contributed by atoms with van der Waals surface area (Å²) in [5.74, 6) is -0.526. The standard InChI is InChI=1S/C8H12N2O3/c9-5-3-1-13-2-4(3)7(11)6(10)8(5)12/h3-4,11-12H,1-2,9-10H2/t3-,4+/m1/s1. The van der Waals surface area contributed by atoms with Crippen LogP contribution in [0.5, 0.6) is 0 Å². The predicted molar refractivity (Wildman–Crippen MR) is 45.5 cm³/mol. The summed E-state index contributed by atoms with van der Waals surface area (Å²) >= 11 is 0. The van der Waals surface area contributed by atoms with Crippen LogP contribution in [-0.4, -0.2) is 23.4 Å². The maximum atomic E-state index is 9.56. The van der Waals surface area contributed by atoms with E-state index in [0.29, 0.717) is 18.9 Å². The maximum absolute atomic E-state index is 9.56. The van der Waals surface area contributed by atoms with E-state index in [1.54, 1.807) is 0 Å². The number of aliphatic hydroxyl groups excluding tert-OH is 2.